The number of carbonyl (C=O) groups is 1. The maximum absolute atomic E-state index is 11.6. The van der Waals surface area contributed by atoms with E-state index in [2.05, 4.69) is 20.9 Å². The Balaban J connectivity index is 2.06. The van der Waals surface area contributed by atoms with Gasteiger partial charge in [-0.15, -0.1) is 0 Å². The number of anilines is 1. The van der Waals surface area contributed by atoms with Crippen molar-refractivity contribution in [2.24, 2.45) is 0 Å². The van der Waals surface area contributed by atoms with E-state index in [-0.39, 0.29) is 5.97 Å². The number of pyridine rings is 1. The van der Waals surface area contributed by atoms with Crippen LogP contribution in [0.2, 0.25) is 0 Å². The van der Waals surface area contributed by atoms with E-state index in [1.807, 2.05) is 13.8 Å². The summed E-state index contributed by atoms with van der Waals surface area (Å²) >= 11 is 0. The summed E-state index contributed by atoms with van der Waals surface area (Å²) in [7, 11) is 1.37. The van der Waals surface area contributed by atoms with Gasteiger partial charge in [-0.25, -0.2) is 9.78 Å². The highest BCUT2D eigenvalue weighted by Gasteiger charge is 2.30. The molecule has 1 fully saturated rings. The van der Waals surface area contributed by atoms with Gasteiger partial charge in [0.05, 0.1) is 18.7 Å². The molecule has 2 rings (SSSR count). The van der Waals surface area contributed by atoms with E-state index < -0.39 is 5.54 Å². The first-order chi connectivity index (χ1) is 9.97. The lowest BCUT2D eigenvalue weighted by Crippen LogP contribution is -2.54. The highest BCUT2D eigenvalue weighted by molar-refractivity contribution is 5.90. The molecule has 0 aliphatic carbocycles. The number of rotatable bonds is 3. The summed E-state index contributed by atoms with van der Waals surface area (Å²) in [5.74, 6) is 0.412. The van der Waals surface area contributed by atoms with Crippen molar-refractivity contribution in [1.29, 1.82) is 5.26 Å². The predicted octanol–water partition coefficient (Wildman–Crippen LogP) is 1.29. The Morgan fingerprint density at radius 1 is 1.38 bits per heavy atom. The summed E-state index contributed by atoms with van der Waals surface area (Å²) in [4.78, 5) is 20.2. The number of hydrogen-bond acceptors (Lipinski definition) is 6. The Labute approximate surface area is 124 Å². The second-order valence-corrected chi connectivity index (χ2v) is 5.54. The number of hydrogen-bond donors (Lipinski definition) is 0. The highest BCUT2D eigenvalue weighted by Crippen LogP contribution is 2.20. The maximum atomic E-state index is 11.6. The number of ether oxygens (including phenoxy) is 1. The van der Waals surface area contributed by atoms with Gasteiger partial charge in [-0.3, -0.25) is 4.90 Å². The Hall–Kier alpha value is -2.13. The lowest BCUT2D eigenvalue weighted by atomic mass is 10.0. The van der Waals surface area contributed by atoms with Gasteiger partial charge in [0.15, 0.2) is 0 Å². The van der Waals surface area contributed by atoms with Crippen molar-refractivity contribution >= 4 is 11.8 Å². The zero-order chi connectivity index (χ0) is 15.5. The Kier molecular flexibility index (Phi) is 4.43. The second-order valence-electron chi connectivity index (χ2n) is 5.54. The van der Waals surface area contributed by atoms with Crippen LogP contribution < -0.4 is 4.90 Å². The fourth-order valence-corrected chi connectivity index (χ4v) is 2.40. The Bertz CT molecular complexity index is 557. The van der Waals surface area contributed by atoms with E-state index in [0.29, 0.717) is 5.56 Å². The summed E-state index contributed by atoms with van der Waals surface area (Å²) in [5, 5.41) is 9.18. The van der Waals surface area contributed by atoms with Crippen LogP contribution in [0.5, 0.6) is 0 Å². The molecule has 1 saturated heterocycles. The van der Waals surface area contributed by atoms with E-state index in [9.17, 15) is 10.1 Å². The quantitative estimate of drug-likeness (QED) is 0.781. The first-order valence-corrected chi connectivity index (χ1v) is 6.93. The van der Waals surface area contributed by atoms with Gasteiger partial charge in [0, 0.05) is 32.4 Å². The predicted molar refractivity (Wildman–Crippen MR) is 79.1 cm³/mol. The lowest BCUT2D eigenvalue weighted by molar-refractivity contribution is 0.0600. The Morgan fingerprint density at radius 3 is 2.62 bits per heavy atom. The van der Waals surface area contributed by atoms with Crippen LogP contribution in [0, 0.1) is 11.3 Å². The standard InChI is InChI=1S/C15H20N4O2/c1-15(2,11-16)19-8-6-18(7-9-19)13-10-12(4-5-17-13)14(20)21-3/h4-5,10H,6-9H2,1-3H3. The summed E-state index contributed by atoms with van der Waals surface area (Å²) in [6, 6.07) is 5.72. The monoisotopic (exact) mass is 288 g/mol. The summed E-state index contributed by atoms with van der Waals surface area (Å²) in [6.45, 7) is 7.01. The molecule has 1 aromatic rings. The molecule has 0 unspecified atom stereocenters. The fraction of sp³-hybridized carbons (Fsp3) is 0.533. The maximum Gasteiger partial charge on any atom is 0.338 e. The second kappa shape index (κ2) is 6.10. The highest BCUT2D eigenvalue weighted by atomic mass is 16.5. The van der Waals surface area contributed by atoms with Crippen molar-refractivity contribution < 1.29 is 9.53 Å². The third kappa shape index (κ3) is 3.31. The molecule has 0 N–H and O–H groups in total. The molecule has 0 saturated carbocycles. The van der Waals surface area contributed by atoms with E-state index in [1.54, 1.807) is 18.3 Å². The molecule has 0 spiro atoms. The number of piperazine rings is 1. The van der Waals surface area contributed by atoms with Crippen LogP contribution in [0.4, 0.5) is 5.82 Å². The van der Waals surface area contributed by atoms with Crippen LogP contribution in [0.15, 0.2) is 18.3 Å². The van der Waals surface area contributed by atoms with Crippen molar-refractivity contribution in [3.63, 3.8) is 0 Å². The lowest BCUT2D eigenvalue weighted by Gasteiger charge is -2.40. The van der Waals surface area contributed by atoms with E-state index in [4.69, 9.17) is 4.74 Å². The topological polar surface area (TPSA) is 69.5 Å². The molecule has 21 heavy (non-hydrogen) atoms. The van der Waals surface area contributed by atoms with E-state index >= 15 is 0 Å². The molecule has 2 heterocycles. The molecular formula is C15H20N4O2. The SMILES string of the molecule is COC(=O)c1ccnc(N2CCN(C(C)(C)C#N)CC2)c1. The average molecular weight is 288 g/mol. The van der Waals surface area contributed by atoms with Crippen molar-refractivity contribution in [2.45, 2.75) is 19.4 Å². The van der Waals surface area contributed by atoms with Gasteiger partial charge in [-0.2, -0.15) is 5.26 Å². The first kappa shape index (κ1) is 15.3. The average Bonchev–Trinajstić information content (AvgIpc) is 2.54. The van der Waals surface area contributed by atoms with E-state index in [0.717, 1.165) is 32.0 Å². The number of methoxy groups -OCH3 is 1. The van der Waals surface area contributed by atoms with Gasteiger partial charge in [0.25, 0.3) is 0 Å². The summed E-state index contributed by atoms with van der Waals surface area (Å²) in [5.41, 5.74) is 0.0511. The van der Waals surface area contributed by atoms with Crippen molar-refractivity contribution in [3.05, 3.63) is 23.9 Å². The molecule has 6 nitrogen and oxygen atoms in total. The fourth-order valence-electron chi connectivity index (χ4n) is 2.40. The zero-order valence-corrected chi connectivity index (χ0v) is 12.7. The Morgan fingerprint density at radius 2 is 2.05 bits per heavy atom. The van der Waals surface area contributed by atoms with Crippen molar-refractivity contribution in [1.82, 2.24) is 9.88 Å². The third-order valence-electron chi connectivity index (χ3n) is 3.83. The molecule has 0 radical (unpaired) electrons. The largest absolute Gasteiger partial charge is 0.465 e. The summed E-state index contributed by atoms with van der Waals surface area (Å²) in [6.07, 6.45) is 1.62. The van der Waals surface area contributed by atoms with Gasteiger partial charge >= 0.3 is 5.97 Å². The number of aromatic nitrogens is 1. The minimum Gasteiger partial charge on any atom is -0.465 e. The first-order valence-electron chi connectivity index (χ1n) is 6.93. The van der Waals surface area contributed by atoms with Gasteiger partial charge in [-0.05, 0) is 26.0 Å². The minimum absolute atomic E-state index is 0.358. The molecular weight excluding hydrogens is 268 g/mol. The molecule has 112 valence electrons. The zero-order valence-electron chi connectivity index (χ0n) is 12.7. The van der Waals surface area contributed by atoms with Gasteiger partial charge in [0.1, 0.15) is 11.4 Å². The van der Waals surface area contributed by atoms with Crippen molar-refractivity contribution in [3.8, 4) is 6.07 Å². The molecule has 0 bridgehead atoms. The van der Waals surface area contributed by atoms with Crippen LogP contribution in [-0.4, -0.2) is 54.7 Å². The number of esters is 1. The third-order valence-corrected chi connectivity index (χ3v) is 3.83. The van der Waals surface area contributed by atoms with E-state index in [1.165, 1.54) is 7.11 Å². The smallest absolute Gasteiger partial charge is 0.338 e. The molecule has 1 aromatic heterocycles. The van der Waals surface area contributed by atoms with Crippen LogP contribution in [-0.2, 0) is 4.74 Å². The van der Waals surface area contributed by atoms with Gasteiger partial charge in [-0.1, -0.05) is 0 Å². The van der Waals surface area contributed by atoms with Crippen LogP contribution in [0.25, 0.3) is 0 Å². The van der Waals surface area contributed by atoms with Crippen LogP contribution in [0.3, 0.4) is 0 Å². The molecule has 1 aliphatic rings. The number of carbonyl (C=O) groups excluding carboxylic acids is 1. The summed E-state index contributed by atoms with van der Waals surface area (Å²) < 4.78 is 4.73. The molecule has 6 heteroatoms. The van der Waals surface area contributed by atoms with Crippen LogP contribution >= 0.6 is 0 Å². The normalized spacial score (nSPS) is 16.4. The number of nitrogens with zero attached hydrogens (tertiary/aromatic N) is 4. The van der Waals surface area contributed by atoms with Gasteiger partial charge < -0.3 is 9.64 Å². The molecule has 0 aromatic carbocycles. The van der Waals surface area contributed by atoms with Crippen LogP contribution in [0.1, 0.15) is 24.2 Å². The molecule has 0 atom stereocenters. The minimum atomic E-state index is -0.451. The van der Waals surface area contributed by atoms with Gasteiger partial charge in [0.2, 0.25) is 0 Å². The van der Waals surface area contributed by atoms with Crippen molar-refractivity contribution in [2.75, 3.05) is 38.2 Å². The molecule has 0 amide bonds. The molecule has 1 aliphatic heterocycles. The number of nitriles is 1.